The van der Waals surface area contributed by atoms with Crippen LogP contribution in [0.1, 0.15) is 30.5 Å². The summed E-state index contributed by atoms with van der Waals surface area (Å²) < 4.78 is 1.26. The molecular weight excluding hydrogens is 523 g/mol. The fourth-order valence-corrected chi connectivity index (χ4v) is 4.98. The molecule has 34 heavy (non-hydrogen) atoms. The molecule has 4 aromatic rings. The number of hydrogen-bond acceptors (Lipinski definition) is 0. The van der Waals surface area contributed by atoms with Crippen LogP contribution in [0.3, 0.4) is 0 Å². The molecule has 0 atom stereocenters. The van der Waals surface area contributed by atoms with Crippen molar-refractivity contribution in [2.45, 2.75) is 31.6 Å². The molecule has 0 radical (unpaired) electrons. The third-order valence-corrected chi connectivity index (χ3v) is 7.85. The second kappa shape index (κ2) is 9.03. The van der Waals surface area contributed by atoms with Crippen molar-refractivity contribution in [1.29, 1.82) is 0 Å². The highest BCUT2D eigenvalue weighted by atomic mass is 127. The van der Waals surface area contributed by atoms with E-state index in [4.69, 9.17) is 0 Å². The fourth-order valence-electron chi connectivity index (χ4n) is 4.62. The van der Waals surface area contributed by atoms with Gasteiger partial charge in [-0.1, -0.05) is 115 Å². The van der Waals surface area contributed by atoms with Crippen LogP contribution in [-0.2, 0) is 10.8 Å². The molecule has 0 bridgehead atoms. The predicted octanol–water partition coefficient (Wildman–Crippen LogP) is 9.28. The first kappa shape index (κ1) is 22.9. The Morgan fingerprint density at radius 3 is 1.09 bits per heavy atom. The summed E-state index contributed by atoms with van der Waals surface area (Å²) in [5.41, 5.74) is 8.74. The molecule has 168 valence electrons. The Labute approximate surface area is 217 Å². The fraction of sp³-hybridized carbons (Fsp3) is 0.152. The standard InChI is InChI=1S/C33H29I/c1-24-4-6-25(7-5-24)26-8-14-29(15-9-26)32(2)20-22-33(3,23-21-32)30-16-10-27(11-17-30)28-12-18-31(34)19-13-28/h4-23H,1-3H3. The summed E-state index contributed by atoms with van der Waals surface area (Å²) in [6, 6.07) is 35.4. The smallest absolute Gasteiger partial charge is 0.0284 e. The molecule has 0 aliphatic heterocycles. The van der Waals surface area contributed by atoms with E-state index in [1.54, 1.807) is 0 Å². The number of hydrogen-bond donors (Lipinski definition) is 0. The van der Waals surface area contributed by atoms with E-state index < -0.39 is 0 Å². The van der Waals surface area contributed by atoms with Gasteiger partial charge in [0.2, 0.25) is 0 Å². The van der Waals surface area contributed by atoms with E-state index in [0.29, 0.717) is 0 Å². The molecule has 0 N–H and O–H groups in total. The second-order valence-electron chi connectivity index (χ2n) is 9.76. The summed E-state index contributed by atoms with van der Waals surface area (Å²) in [6.07, 6.45) is 9.45. The highest BCUT2D eigenvalue weighted by molar-refractivity contribution is 14.1. The van der Waals surface area contributed by atoms with Gasteiger partial charge in [-0.05, 0) is 88.9 Å². The van der Waals surface area contributed by atoms with E-state index in [2.05, 4.69) is 165 Å². The summed E-state index contributed by atoms with van der Waals surface area (Å²) in [4.78, 5) is 0. The number of halogens is 1. The lowest BCUT2D eigenvalue weighted by molar-refractivity contribution is 0.664. The Bertz CT molecular complexity index is 1220. The molecule has 0 unspecified atom stereocenters. The van der Waals surface area contributed by atoms with Crippen molar-refractivity contribution in [2.75, 3.05) is 0 Å². The number of aryl methyl sites for hydroxylation is 1. The van der Waals surface area contributed by atoms with Gasteiger partial charge in [0.05, 0.1) is 0 Å². The average molecular weight is 552 g/mol. The zero-order valence-corrected chi connectivity index (χ0v) is 22.1. The SMILES string of the molecule is Cc1ccc(-c2ccc(C3(C)C=CC(C)(c4ccc(-c5ccc(I)cc5)cc4)C=C3)cc2)cc1. The van der Waals surface area contributed by atoms with Crippen molar-refractivity contribution in [1.82, 2.24) is 0 Å². The van der Waals surface area contributed by atoms with E-state index >= 15 is 0 Å². The van der Waals surface area contributed by atoms with Crippen LogP contribution in [0.5, 0.6) is 0 Å². The Hall–Kier alpha value is -2.91. The summed E-state index contributed by atoms with van der Waals surface area (Å²) in [5.74, 6) is 0. The van der Waals surface area contributed by atoms with Crippen molar-refractivity contribution in [3.8, 4) is 22.3 Å². The van der Waals surface area contributed by atoms with Gasteiger partial charge in [-0.3, -0.25) is 0 Å². The monoisotopic (exact) mass is 552 g/mol. The maximum absolute atomic E-state index is 2.36. The Balaban J connectivity index is 1.35. The van der Waals surface area contributed by atoms with Crippen LogP contribution in [-0.4, -0.2) is 0 Å². The van der Waals surface area contributed by atoms with E-state index in [1.165, 1.54) is 42.5 Å². The first-order valence-electron chi connectivity index (χ1n) is 11.8. The largest absolute Gasteiger partial charge is 0.0733 e. The van der Waals surface area contributed by atoms with Crippen LogP contribution in [0.25, 0.3) is 22.3 Å². The quantitative estimate of drug-likeness (QED) is 0.175. The van der Waals surface area contributed by atoms with E-state index in [1.807, 2.05) is 0 Å². The number of rotatable bonds is 4. The molecule has 5 rings (SSSR count). The summed E-state index contributed by atoms with van der Waals surface area (Å²) in [6.45, 7) is 6.71. The maximum Gasteiger partial charge on any atom is 0.0284 e. The molecule has 0 amide bonds. The van der Waals surface area contributed by atoms with Gasteiger partial charge in [-0.2, -0.15) is 0 Å². The molecule has 4 aromatic carbocycles. The minimum Gasteiger partial charge on any atom is -0.0733 e. The Kier molecular flexibility index (Phi) is 6.07. The maximum atomic E-state index is 2.36. The van der Waals surface area contributed by atoms with Crippen molar-refractivity contribution in [3.05, 3.63) is 142 Å². The molecule has 0 saturated heterocycles. The van der Waals surface area contributed by atoms with Crippen molar-refractivity contribution in [2.24, 2.45) is 0 Å². The molecule has 1 aliphatic rings. The Morgan fingerprint density at radius 1 is 0.441 bits per heavy atom. The number of allylic oxidation sites excluding steroid dienone is 4. The lowest BCUT2D eigenvalue weighted by Gasteiger charge is -2.33. The van der Waals surface area contributed by atoms with Gasteiger partial charge in [0.15, 0.2) is 0 Å². The van der Waals surface area contributed by atoms with E-state index in [9.17, 15) is 0 Å². The van der Waals surface area contributed by atoms with Gasteiger partial charge in [-0.15, -0.1) is 0 Å². The van der Waals surface area contributed by atoms with Crippen LogP contribution in [0, 0.1) is 10.5 Å². The van der Waals surface area contributed by atoms with Gasteiger partial charge in [0.25, 0.3) is 0 Å². The van der Waals surface area contributed by atoms with Crippen LogP contribution in [0.15, 0.2) is 121 Å². The zero-order valence-electron chi connectivity index (χ0n) is 19.9. The summed E-state index contributed by atoms with van der Waals surface area (Å²) in [7, 11) is 0. The molecule has 0 saturated carbocycles. The minimum atomic E-state index is -0.105. The zero-order chi connectivity index (χ0) is 23.8. The van der Waals surface area contributed by atoms with Gasteiger partial charge in [-0.25, -0.2) is 0 Å². The van der Waals surface area contributed by atoms with Crippen molar-refractivity contribution in [3.63, 3.8) is 0 Å². The molecule has 0 nitrogen and oxygen atoms in total. The molecule has 0 heterocycles. The van der Waals surface area contributed by atoms with Gasteiger partial charge >= 0.3 is 0 Å². The summed E-state index contributed by atoms with van der Waals surface area (Å²) in [5, 5.41) is 0. The molecule has 0 aromatic heterocycles. The second-order valence-corrected chi connectivity index (χ2v) is 11.0. The molecule has 0 fully saturated rings. The van der Waals surface area contributed by atoms with Crippen molar-refractivity contribution >= 4 is 22.6 Å². The lowest BCUT2D eigenvalue weighted by atomic mass is 9.70. The van der Waals surface area contributed by atoms with Gasteiger partial charge in [0.1, 0.15) is 0 Å². The highest BCUT2D eigenvalue weighted by Gasteiger charge is 2.30. The molecule has 1 heteroatoms. The number of benzene rings is 4. The van der Waals surface area contributed by atoms with Crippen LogP contribution in [0.2, 0.25) is 0 Å². The molecule has 0 spiro atoms. The molecular formula is C33H29I. The first-order chi connectivity index (χ1) is 16.3. The van der Waals surface area contributed by atoms with Crippen LogP contribution in [0.4, 0.5) is 0 Å². The third kappa shape index (κ3) is 4.54. The van der Waals surface area contributed by atoms with E-state index in [-0.39, 0.29) is 10.8 Å². The lowest BCUT2D eigenvalue weighted by Crippen LogP contribution is -2.26. The minimum absolute atomic E-state index is 0.105. The first-order valence-corrected chi connectivity index (χ1v) is 12.9. The van der Waals surface area contributed by atoms with E-state index in [0.717, 1.165) is 0 Å². The van der Waals surface area contributed by atoms with Crippen LogP contribution < -0.4 is 0 Å². The van der Waals surface area contributed by atoms with Gasteiger partial charge in [0, 0.05) is 14.4 Å². The van der Waals surface area contributed by atoms with Gasteiger partial charge < -0.3 is 0 Å². The average Bonchev–Trinajstić information content (AvgIpc) is 2.87. The molecule has 1 aliphatic carbocycles. The topological polar surface area (TPSA) is 0 Å². The highest BCUT2D eigenvalue weighted by Crippen LogP contribution is 2.39. The summed E-state index contributed by atoms with van der Waals surface area (Å²) >= 11 is 2.35. The normalized spacial score (nSPS) is 21.5. The van der Waals surface area contributed by atoms with Crippen LogP contribution >= 0.6 is 22.6 Å². The predicted molar refractivity (Wildman–Crippen MR) is 154 cm³/mol. The third-order valence-electron chi connectivity index (χ3n) is 7.13. The van der Waals surface area contributed by atoms with Crippen molar-refractivity contribution < 1.29 is 0 Å². The Morgan fingerprint density at radius 2 is 0.735 bits per heavy atom.